The van der Waals surface area contributed by atoms with Crippen LogP contribution in [0.4, 0.5) is 0 Å². The Kier molecular flexibility index (Phi) is 47.6. The van der Waals surface area contributed by atoms with E-state index in [1.807, 2.05) is 21.1 Å². The minimum atomic E-state index is -4.39. The van der Waals surface area contributed by atoms with Crippen LogP contribution in [0.15, 0.2) is 72.9 Å². The number of esters is 2. The molecule has 0 aliphatic rings. The van der Waals surface area contributed by atoms with Crippen molar-refractivity contribution < 1.29 is 42.1 Å². The molecule has 0 heterocycles. The van der Waals surface area contributed by atoms with Gasteiger partial charge in [-0.25, -0.2) is 4.57 Å². The van der Waals surface area contributed by atoms with E-state index in [1.165, 1.54) is 122 Å². The van der Waals surface area contributed by atoms with Gasteiger partial charge < -0.3 is 18.9 Å². The van der Waals surface area contributed by atoms with Crippen molar-refractivity contribution in [1.29, 1.82) is 0 Å². The van der Waals surface area contributed by atoms with Crippen molar-refractivity contribution in [1.82, 2.24) is 0 Å². The van der Waals surface area contributed by atoms with Gasteiger partial charge in [-0.1, -0.05) is 209 Å². The van der Waals surface area contributed by atoms with Crippen molar-refractivity contribution in [3.05, 3.63) is 72.9 Å². The Bertz CT molecular complexity index is 1380. The summed E-state index contributed by atoms with van der Waals surface area (Å²) >= 11 is 0. The van der Waals surface area contributed by atoms with Gasteiger partial charge in [0.15, 0.2) is 6.10 Å². The van der Waals surface area contributed by atoms with Crippen molar-refractivity contribution >= 4 is 19.8 Å². The van der Waals surface area contributed by atoms with Crippen LogP contribution < -0.4 is 0 Å². The molecule has 2 unspecified atom stereocenters. The van der Waals surface area contributed by atoms with Crippen molar-refractivity contribution in [3.63, 3.8) is 0 Å². The molecule has 2 atom stereocenters. The molecule has 9 nitrogen and oxygen atoms in total. The third kappa shape index (κ3) is 52.8. The number of carbonyl (C=O) groups is 2. The van der Waals surface area contributed by atoms with Crippen LogP contribution in [0, 0.1) is 0 Å². The number of phosphoric acid groups is 1. The lowest BCUT2D eigenvalue weighted by Crippen LogP contribution is -2.37. The van der Waals surface area contributed by atoms with E-state index < -0.39 is 32.5 Å². The van der Waals surface area contributed by atoms with E-state index in [0.29, 0.717) is 23.9 Å². The first-order valence-corrected chi connectivity index (χ1v) is 29.2. The van der Waals surface area contributed by atoms with Crippen LogP contribution in [0.2, 0.25) is 0 Å². The number of phosphoric ester groups is 1. The first-order chi connectivity index (χ1) is 33.0. The van der Waals surface area contributed by atoms with E-state index >= 15 is 0 Å². The molecule has 0 spiro atoms. The first-order valence-electron chi connectivity index (χ1n) is 27.7. The van der Waals surface area contributed by atoms with E-state index in [-0.39, 0.29) is 26.1 Å². The molecule has 0 bridgehead atoms. The second-order valence-electron chi connectivity index (χ2n) is 19.6. The molecule has 0 amide bonds. The zero-order valence-electron chi connectivity index (χ0n) is 44.6. The minimum absolute atomic E-state index is 0.0247. The molecule has 0 aromatic rings. The van der Waals surface area contributed by atoms with Crippen LogP contribution in [0.3, 0.4) is 0 Å². The zero-order valence-corrected chi connectivity index (χ0v) is 45.5. The Morgan fingerprint density at radius 2 is 0.838 bits per heavy atom. The minimum Gasteiger partial charge on any atom is -0.462 e. The third-order valence-electron chi connectivity index (χ3n) is 11.7. The summed E-state index contributed by atoms with van der Waals surface area (Å²) in [4.78, 5) is 35.5. The van der Waals surface area contributed by atoms with Crippen LogP contribution in [0.25, 0.3) is 0 Å². The number of hydrogen-bond acceptors (Lipinski definition) is 7. The number of unbranched alkanes of at least 4 members (excludes halogenated alkanes) is 24. The summed E-state index contributed by atoms with van der Waals surface area (Å²) in [7, 11) is 1.46. The molecule has 0 aliphatic heterocycles. The van der Waals surface area contributed by atoms with Crippen molar-refractivity contribution in [2.75, 3.05) is 47.5 Å². The highest BCUT2D eigenvalue weighted by molar-refractivity contribution is 7.47. The Morgan fingerprint density at radius 1 is 0.471 bits per heavy atom. The fraction of sp³-hybridized carbons (Fsp3) is 0.759. The number of carbonyl (C=O) groups excluding carboxylic acids is 2. The first kappa shape index (κ1) is 65.5. The van der Waals surface area contributed by atoms with Gasteiger partial charge in [-0.2, -0.15) is 0 Å². The molecule has 0 aromatic carbocycles. The number of likely N-dealkylation sites (N-methyl/N-ethyl adjacent to an activating group) is 1. The van der Waals surface area contributed by atoms with E-state index in [2.05, 4.69) is 86.8 Å². The molecule has 0 rings (SSSR count). The molecule has 0 fully saturated rings. The average Bonchev–Trinajstić information content (AvgIpc) is 3.30. The number of rotatable bonds is 50. The molecule has 68 heavy (non-hydrogen) atoms. The average molecular weight is 975 g/mol. The van der Waals surface area contributed by atoms with Gasteiger partial charge in [-0.05, 0) is 83.5 Å². The van der Waals surface area contributed by atoms with Gasteiger partial charge in [0.05, 0.1) is 27.7 Å². The van der Waals surface area contributed by atoms with Gasteiger partial charge >= 0.3 is 19.8 Å². The monoisotopic (exact) mass is 975 g/mol. The van der Waals surface area contributed by atoms with Gasteiger partial charge in [-0.3, -0.25) is 18.6 Å². The maximum absolute atomic E-state index is 12.8. The lowest BCUT2D eigenvalue weighted by molar-refractivity contribution is -0.870. The van der Waals surface area contributed by atoms with Crippen molar-refractivity contribution in [3.8, 4) is 0 Å². The standard InChI is InChI=1S/C58H104NO8P/c1-6-8-10-12-14-16-18-20-21-22-23-24-25-26-27-28-29-30-31-32-33-34-35-36-37-39-41-43-45-47-49-51-58(61)67-56(55-66-68(62,63)65-53-52-59(3,4)5)54-64-57(60)50-48-46-44-42-40-38-19-17-15-13-11-9-7-2/h9,11,15,17-18,20,22-23,25-26,38,40,56H,6-8,10,12-14,16,19,21,24,27-37,39,41-55H2,1-5H3/p+1/b11-9-,17-15-,20-18-,23-22-,26-25-,40-38-. The quantitative estimate of drug-likeness (QED) is 0.0211. The van der Waals surface area contributed by atoms with Gasteiger partial charge in [0.1, 0.15) is 19.8 Å². The molecule has 0 saturated carbocycles. The second-order valence-corrected chi connectivity index (χ2v) is 21.0. The Balaban J connectivity index is 4.09. The smallest absolute Gasteiger partial charge is 0.462 e. The third-order valence-corrected chi connectivity index (χ3v) is 12.7. The molecular formula is C58H105NO8P+. The van der Waals surface area contributed by atoms with E-state index in [1.54, 1.807) is 0 Å². The van der Waals surface area contributed by atoms with Crippen LogP contribution in [-0.2, 0) is 32.7 Å². The SMILES string of the molecule is CC/C=C\C/C=C\C/C=C\CCCCCC(=O)OCC(COP(=O)(O)OCC[N+](C)(C)C)OC(=O)CCCCCCCCCCCCCCCCCC/C=C\C/C=C\C/C=C\CCCCCCC. The number of allylic oxidation sites excluding steroid dienone is 12. The summed E-state index contributed by atoms with van der Waals surface area (Å²) in [5, 5.41) is 0. The molecular weight excluding hydrogens is 870 g/mol. The Hall–Kier alpha value is -2.55. The second kappa shape index (κ2) is 49.4. The molecule has 1 N–H and O–H groups in total. The topological polar surface area (TPSA) is 108 Å². The molecule has 0 aliphatic carbocycles. The van der Waals surface area contributed by atoms with Gasteiger partial charge in [0.2, 0.25) is 0 Å². The van der Waals surface area contributed by atoms with Crippen molar-refractivity contribution in [2.24, 2.45) is 0 Å². The maximum Gasteiger partial charge on any atom is 0.472 e. The summed E-state index contributed by atoms with van der Waals surface area (Å²) in [6.45, 7) is 4.27. The summed E-state index contributed by atoms with van der Waals surface area (Å²) < 4.78 is 34.4. The fourth-order valence-corrected chi connectivity index (χ4v) is 8.19. The predicted molar refractivity (Wildman–Crippen MR) is 289 cm³/mol. The summed E-state index contributed by atoms with van der Waals surface area (Å²) in [5.41, 5.74) is 0. The van der Waals surface area contributed by atoms with E-state index in [4.69, 9.17) is 18.5 Å². The summed E-state index contributed by atoms with van der Waals surface area (Å²) in [5.74, 6) is -0.832. The molecule has 0 radical (unpaired) electrons. The maximum atomic E-state index is 12.8. The molecule has 10 heteroatoms. The summed E-state index contributed by atoms with van der Waals surface area (Å²) in [6, 6.07) is 0. The van der Waals surface area contributed by atoms with E-state index in [9.17, 15) is 19.0 Å². The van der Waals surface area contributed by atoms with Crippen LogP contribution in [0.5, 0.6) is 0 Å². The van der Waals surface area contributed by atoms with Crippen molar-refractivity contribution in [2.45, 2.75) is 238 Å². The number of hydrogen-bond donors (Lipinski definition) is 1. The molecule has 394 valence electrons. The van der Waals surface area contributed by atoms with Gasteiger partial charge in [0, 0.05) is 12.8 Å². The highest BCUT2D eigenvalue weighted by atomic mass is 31.2. The Morgan fingerprint density at radius 3 is 1.26 bits per heavy atom. The normalized spacial score (nSPS) is 13.9. The highest BCUT2D eigenvalue weighted by Crippen LogP contribution is 2.43. The van der Waals surface area contributed by atoms with Gasteiger partial charge in [0.25, 0.3) is 0 Å². The van der Waals surface area contributed by atoms with Gasteiger partial charge in [-0.15, -0.1) is 0 Å². The number of nitrogens with zero attached hydrogens (tertiary/aromatic N) is 1. The molecule has 0 aromatic heterocycles. The van der Waals surface area contributed by atoms with Crippen LogP contribution >= 0.6 is 7.82 Å². The molecule has 0 saturated heterocycles. The largest absolute Gasteiger partial charge is 0.472 e. The van der Waals surface area contributed by atoms with Crippen LogP contribution in [-0.4, -0.2) is 74.9 Å². The van der Waals surface area contributed by atoms with Crippen LogP contribution in [0.1, 0.15) is 232 Å². The fourth-order valence-electron chi connectivity index (χ4n) is 7.45. The predicted octanol–water partition coefficient (Wildman–Crippen LogP) is 16.9. The summed E-state index contributed by atoms with van der Waals surface area (Å²) in [6.07, 6.45) is 64.1. The Labute approximate surface area is 418 Å². The van der Waals surface area contributed by atoms with E-state index in [0.717, 1.165) is 70.6 Å². The zero-order chi connectivity index (χ0) is 49.9. The number of quaternary nitrogens is 1. The lowest BCUT2D eigenvalue weighted by Gasteiger charge is -2.24. The highest BCUT2D eigenvalue weighted by Gasteiger charge is 2.27. The lowest BCUT2D eigenvalue weighted by atomic mass is 10.0. The number of ether oxygens (including phenoxy) is 2.